The summed E-state index contributed by atoms with van der Waals surface area (Å²) in [7, 11) is 0. The first-order valence-corrected chi connectivity index (χ1v) is 7.06. The van der Waals surface area contributed by atoms with Crippen molar-refractivity contribution in [2.75, 3.05) is 5.75 Å². The molecular weight excluding hydrogens is 206 g/mol. The number of rotatable bonds is 3. The maximum absolute atomic E-state index is 10.9. The molecule has 2 N–H and O–H groups in total. The highest BCUT2D eigenvalue weighted by molar-refractivity contribution is 8.01. The van der Waals surface area contributed by atoms with Crippen LogP contribution in [0.1, 0.15) is 38.5 Å². The summed E-state index contributed by atoms with van der Waals surface area (Å²) in [5.41, 5.74) is 5.26. The predicted molar refractivity (Wildman–Crippen MR) is 62.6 cm³/mol. The molecule has 4 rings (SSSR count). The van der Waals surface area contributed by atoms with Crippen molar-refractivity contribution in [1.82, 2.24) is 0 Å². The van der Waals surface area contributed by atoms with Crippen LogP contribution in [0.5, 0.6) is 0 Å². The van der Waals surface area contributed by atoms with Crippen LogP contribution < -0.4 is 5.73 Å². The van der Waals surface area contributed by atoms with Gasteiger partial charge in [0.25, 0.3) is 0 Å². The maximum Gasteiger partial charge on any atom is 0.227 e. The van der Waals surface area contributed by atoms with E-state index in [0.717, 1.165) is 17.8 Å². The molecule has 0 heterocycles. The Morgan fingerprint density at radius 1 is 1.13 bits per heavy atom. The Hall–Kier alpha value is -0.180. The van der Waals surface area contributed by atoms with Gasteiger partial charge in [0, 0.05) is 4.75 Å². The lowest BCUT2D eigenvalue weighted by atomic mass is 9.56. The Labute approximate surface area is 95.4 Å². The smallest absolute Gasteiger partial charge is 0.227 e. The Morgan fingerprint density at radius 2 is 1.60 bits per heavy atom. The Balaban J connectivity index is 1.72. The van der Waals surface area contributed by atoms with Gasteiger partial charge in [-0.3, -0.25) is 4.79 Å². The minimum absolute atomic E-state index is 0.143. The van der Waals surface area contributed by atoms with E-state index in [9.17, 15) is 4.79 Å². The molecule has 3 heteroatoms. The van der Waals surface area contributed by atoms with Gasteiger partial charge < -0.3 is 5.73 Å². The van der Waals surface area contributed by atoms with E-state index >= 15 is 0 Å². The molecule has 4 aliphatic rings. The summed E-state index contributed by atoms with van der Waals surface area (Å²) in [4.78, 5) is 10.9. The minimum Gasteiger partial charge on any atom is -0.369 e. The molecule has 0 saturated heterocycles. The average Bonchev–Trinajstić information content (AvgIpc) is 2.12. The maximum atomic E-state index is 10.9. The fourth-order valence-electron chi connectivity index (χ4n) is 4.43. The summed E-state index contributed by atoms with van der Waals surface area (Å²) in [6, 6.07) is 0. The van der Waals surface area contributed by atoms with E-state index in [-0.39, 0.29) is 5.91 Å². The van der Waals surface area contributed by atoms with Gasteiger partial charge in [0.2, 0.25) is 5.91 Å². The number of hydrogen-bond donors (Lipinski definition) is 1. The molecule has 4 saturated carbocycles. The van der Waals surface area contributed by atoms with Gasteiger partial charge in [-0.2, -0.15) is 0 Å². The van der Waals surface area contributed by atoms with Gasteiger partial charge in [-0.1, -0.05) is 0 Å². The molecule has 84 valence electrons. The van der Waals surface area contributed by atoms with E-state index in [0.29, 0.717) is 10.5 Å². The Bertz CT molecular complexity index is 254. The highest BCUT2D eigenvalue weighted by atomic mass is 32.2. The van der Waals surface area contributed by atoms with Crippen LogP contribution >= 0.6 is 11.8 Å². The van der Waals surface area contributed by atoms with Gasteiger partial charge >= 0.3 is 0 Å². The quantitative estimate of drug-likeness (QED) is 0.800. The minimum atomic E-state index is -0.143. The van der Waals surface area contributed by atoms with Crippen molar-refractivity contribution in [3.63, 3.8) is 0 Å². The normalized spacial score (nSPS) is 47.1. The van der Waals surface area contributed by atoms with Crippen LogP contribution in [0, 0.1) is 17.8 Å². The van der Waals surface area contributed by atoms with Crippen molar-refractivity contribution in [1.29, 1.82) is 0 Å². The number of nitrogens with two attached hydrogens (primary N) is 1. The zero-order valence-corrected chi connectivity index (χ0v) is 9.89. The molecule has 0 aromatic rings. The number of hydrogen-bond acceptors (Lipinski definition) is 2. The molecule has 0 aromatic carbocycles. The van der Waals surface area contributed by atoms with E-state index < -0.39 is 0 Å². The fourth-order valence-corrected chi connectivity index (χ4v) is 5.94. The second kappa shape index (κ2) is 3.41. The molecule has 2 nitrogen and oxygen atoms in total. The van der Waals surface area contributed by atoms with Crippen molar-refractivity contribution in [3.05, 3.63) is 0 Å². The predicted octanol–water partition coefficient (Wildman–Crippen LogP) is 2.17. The highest BCUT2D eigenvalue weighted by Gasteiger charge is 2.51. The topological polar surface area (TPSA) is 43.1 Å². The zero-order valence-electron chi connectivity index (χ0n) is 9.08. The molecule has 15 heavy (non-hydrogen) atoms. The van der Waals surface area contributed by atoms with Crippen LogP contribution in [-0.4, -0.2) is 16.4 Å². The standard InChI is InChI=1S/C12H19NOS/c13-11(14)7-15-12-4-8-1-9(5-12)3-10(2-8)6-12/h8-10H,1-7H2,(H2,13,14). The third kappa shape index (κ3) is 1.79. The summed E-state index contributed by atoms with van der Waals surface area (Å²) in [5, 5.41) is 0. The zero-order chi connectivity index (χ0) is 10.5. The monoisotopic (exact) mass is 225 g/mol. The molecule has 0 radical (unpaired) electrons. The van der Waals surface area contributed by atoms with E-state index in [1.54, 1.807) is 0 Å². The van der Waals surface area contributed by atoms with Crippen molar-refractivity contribution < 1.29 is 4.79 Å². The summed E-state index contributed by atoms with van der Waals surface area (Å²) in [6.45, 7) is 0. The van der Waals surface area contributed by atoms with Crippen molar-refractivity contribution in [2.24, 2.45) is 23.5 Å². The van der Waals surface area contributed by atoms with E-state index in [2.05, 4.69) is 0 Å². The van der Waals surface area contributed by atoms with Gasteiger partial charge in [0.05, 0.1) is 5.75 Å². The van der Waals surface area contributed by atoms with Crippen LogP contribution in [-0.2, 0) is 4.79 Å². The SMILES string of the molecule is NC(=O)CSC12CC3CC(CC(C3)C1)C2. The molecule has 0 aromatic heterocycles. The second-order valence-corrected chi connectivity index (χ2v) is 7.30. The van der Waals surface area contributed by atoms with Crippen LogP contribution in [0.25, 0.3) is 0 Å². The lowest BCUT2D eigenvalue weighted by Crippen LogP contribution is -2.49. The summed E-state index contributed by atoms with van der Waals surface area (Å²) < 4.78 is 0.448. The number of primary amides is 1. The number of carbonyl (C=O) groups excluding carboxylic acids is 1. The van der Waals surface area contributed by atoms with Crippen molar-refractivity contribution in [3.8, 4) is 0 Å². The van der Waals surface area contributed by atoms with Crippen LogP contribution in [0.2, 0.25) is 0 Å². The fraction of sp³-hybridized carbons (Fsp3) is 0.917. The van der Waals surface area contributed by atoms with Crippen molar-refractivity contribution in [2.45, 2.75) is 43.3 Å². The van der Waals surface area contributed by atoms with E-state index in [1.807, 2.05) is 11.8 Å². The van der Waals surface area contributed by atoms with Gasteiger partial charge in [-0.25, -0.2) is 0 Å². The highest BCUT2D eigenvalue weighted by Crippen LogP contribution is 2.60. The lowest BCUT2D eigenvalue weighted by molar-refractivity contribution is -0.115. The number of thioether (sulfide) groups is 1. The van der Waals surface area contributed by atoms with Crippen LogP contribution in [0.3, 0.4) is 0 Å². The van der Waals surface area contributed by atoms with Gasteiger partial charge in [0.1, 0.15) is 0 Å². The third-order valence-electron chi connectivity index (χ3n) is 4.50. The number of carbonyl (C=O) groups is 1. The van der Waals surface area contributed by atoms with Crippen LogP contribution in [0.15, 0.2) is 0 Å². The largest absolute Gasteiger partial charge is 0.369 e. The second-order valence-electron chi connectivity index (χ2n) is 5.86. The van der Waals surface area contributed by atoms with Gasteiger partial charge in [-0.05, 0) is 56.3 Å². The molecular formula is C12H19NOS. The molecule has 4 aliphatic carbocycles. The Morgan fingerprint density at radius 3 is 2.00 bits per heavy atom. The third-order valence-corrected chi connectivity index (χ3v) is 6.04. The van der Waals surface area contributed by atoms with E-state index in [1.165, 1.54) is 38.5 Å². The van der Waals surface area contributed by atoms with Crippen LogP contribution in [0.4, 0.5) is 0 Å². The first-order chi connectivity index (χ1) is 7.15. The molecule has 4 bridgehead atoms. The summed E-state index contributed by atoms with van der Waals surface area (Å²) >= 11 is 1.87. The molecule has 0 unspecified atom stereocenters. The molecule has 0 atom stereocenters. The average molecular weight is 225 g/mol. The molecule has 0 spiro atoms. The molecule has 4 fully saturated rings. The van der Waals surface area contributed by atoms with Gasteiger partial charge in [-0.15, -0.1) is 11.8 Å². The van der Waals surface area contributed by atoms with Gasteiger partial charge in [0.15, 0.2) is 0 Å². The summed E-state index contributed by atoms with van der Waals surface area (Å²) in [6.07, 6.45) is 8.48. The molecule has 0 aliphatic heterocycles. The summed E-state index contributed by atoms with van der Waals surface area (Å²) in [5.74, 6) is 3.30. The van der Waals surface area contributed by atoms with E-state index in [4.69, 9.17) is 5.73 Å². The first kappa shape index (κ1) is 10.0. The molecule has 1 amide bonds. The Kier molecular flexibility index (Phi) is 2.27. The lowest BCUT2D eigenvalue weighted by Gasteiger charge is -2.56. The first-order valence-electron chi connectivity index (χ1n) is 6.07. The number of amides is 1. The van der Waals surface area contributed by atoms with Crippen molar-refractivity contribution >= 4 is 17.7 Å².